The van der Waals surface area contributed by atoms with E-state index in [1.54, 1.807) is 23.7 Å². The standard InChI is InChI=1S/C11H10BrN3OS/c1-7(16)3-13-11-14-4-8(5-15-11)10-2-9(12)6-17-10/h2,4-6H,3H2,1H3,(H,13,14,15). The minimum Gasteiger partial charge on any atom is -0.347 e. The number of ketones is 1. The number of carbonyl (C=O) groups excluding carboxylic acids is 1. The number of halogens is 1. The topological polar surface area (TPSA) is 54.9 Å². The summed E-state index contributed by atoms with van der Waals surface area (Å²) in [6.45, 7) is 1.77. The van der Waals surface area contributed by atoms with Gasteiger partial charge in [-0.05, 0) is 28.9 Å². The first kappa shape index (κ1) is 12.2. The van der Waals surface area contributed by atoms with Crippen LogP contribution in [-0.4, -0.2) is 22.3 Å². The van der Waals surface area contributed by atoms with E-state index in [2.05, 4.69) is 31.2 Å². The Bertz CT molecular complexity index is 524. The van der Waals surface area contributed by atoms with Gasteiger partial charge in [-0.2, -0.15) is 0 Å². The molecule has 0 atom stereocenters. The van der Waals surface area contributed by atoms with Crippen molar-refractivity contribution in [2.45, 2.75) is 6.92 Å². The molecule has 0 spiro atoms. The Labute approximate surface area is 111 Å². The predicted molar refractivity (Wildman–Crippen MR) is 72.2 cm³/mol. The van der Waals surface area contributed by atoms with Crippen LogP contribution in [0.25, 0.3) is 10.4 Å². The van der Waals surface area contributed by atoms with Crippen LogP contribution < -0.4 is 5.32 Å². The number of nitrogens with zero attached hydrogens (tertiary/aromatic N) is 2. The molecule has 1 N–H and O–H groups in total. The van der Waals surface area contributed by atoms with Crippen molar-refractivity contribution in [2.24, 2.45) is 0 Å². The highest BCUT2D eigenvalue weighted by atomic mass is 79.9. The summed E-state index contributed by atoms with van der Waals surface area (Å²) in [4.78, 5) is 20.2. The molecule has 0 saturated heterocycles. The van der Waals surface area contributed by atoms with E-state index in [0.717, 1.165) is 14.9 Å². The fourth-order valence-corrected chi connectivity index (χ4v) is 2.62. The van der Waals surface area contributed by atoms with Crippen molar-refractivity contribution < 1.29 is 4.79 Å². The molecule has 2 aromatic heterocycles. The van der Waals surface area contributed by atoms with Gasteiger partial charge in [-0.3, -0.25) is 4.79 Å². The normalized spacial score (nSPS) is 10.2. The molecule has 0 aliphatic carbocycles. The van der Waals surface area contributed by atoms with Crippen LogP contribution in [0.2, 0.25) is 0 Å². The van der Waals surface area contributed by atoms with Crippen molar-refractivity contribution in [2.75, 3.05) is 11.9 Å². The molecule has 0 aliphatic heterocycles. The lowest BCUT2D eigenvalue weighted by molar-refractivity contribution is -0.115. The first-order valence-electron chi connectivity index (χ1n) is 4.95. The van der Waals surface area contributed by atoms with Crippen molar-refractivity contribution in [3.8, 4) is 10.4 Å². The van der Waals surface area contributed by atoms with E-state index in [9.17, 15) is 4.79 Å². The average Bonchev–Trinajstić information content (AvgIpc) is 2.74. The minimum absolute atomic E-state index is 0.0554. The zero-order chi connectivity index (χ0) is 12.3. The molecule has 6 heteroatoms. The Morgan fingerprint density at radius 3 is 2.71 bits per heavy atom. The Morgan fingerprint density at radius 1 is 1.47 bits per heavy atom. The van der Waals surface area contributed by atoms with E-state index in [-0.39, 0.29) is 12.3 Å². The Hall–Kier alpha value is -1.27. The smallest absolute Gasteiger partial charge is 0.222 e. The van der Waals surface area contributed by atoms with Crippen LogP contribution in [-0.2, 0) is 4.79 Å². The number of hydrogen-bond donors (Lipinski definition) is 1. The first-order valence-corrected chi connectivity index (χ1v) is 6.62. The van der Waals surface area contributed by atoms with Crippen LogP contribution in [0, 0.1) is 0 Å². The first-order chi connectivity index (χ1) is 8.15. The van der Waals surface area contributed by atoms with Crippen LogP contribution in [0.4, 0.5) is 5.95 Å². The van der Waals surface area contributed by atoms with Gasteiger partial charge in [-0.15, -0.1) is 11.3 Å². The van der Waals surface area contributed by atoms with E-state index >= 15 is 0 Å². The summed E-state index contributed by atoms with van der Waals surface area (Å²) in [6.07, 6.45) is 3.49. The van der Waals surface area contributed by atoms with Crippen molar-refractivity contribution in [1.82, 2.24) is 9.97 Å². The van der Waals surface area contributed by atoms with Gasteiger partial charge in [0.1, 0.15) is 5.78 Å². The number of nitrogens with one attached hydrogen (secondary N) is 1. The van der Waals surface area contributed by atoms with Gasteiger partial charge in [-0.1, -0.05) is 0 Å². The molecule has 0 aliphatic rings. The number of thiophene rings is 1. The number of rotatable bonds is 4. The highest BCUT2D eigenvalue weighted by molar-refractivity contribution is 9.10. The summed E-state index contributed by atoms with van der Waals surface area (Å²) in [7, 11) is 0. The maximum Gasteiger partial charge on any atom is 0.222 e. The molecule has 0 bridgehead atoms. The van der Waals surface area contributed by atoms with Crippen molar-refractivity contribution in [3.63, 3.8) is 0 Å². The number of aromatic nitrogens is 2. The zero-order valence-electron chi connectivity index (χ0n) is 9.11. The van der Waals surface area contributed by atoms with Gasteiger partial charge < -0.3 is 5.32 Å². The van der Waals surface area contributed by atoms with E-state index in [0.29, 0.717) is 5.95 Å². The van der Waals surface area contributed by atoms with Crippen LogP contribution in [0.15, 0.2) is 28.3 Å². The molecule has 2 heterocycles. The van der Waals surface area contributed by atoms with Crippen molar-refractivity contribution in [3.05, 3.63) is 28.3 Å². The summed E-state index contributed by atoms with van der Waals surface area (Å²) in [5.41, 5.74) is 0.967. The molecule has 2 rings (SSSR count). The summed E-state index contributed by atoms with van der Waals surface area (Å²) in [6, 6.07) is 2.02. The molecule has 2 aromatic rings. The predicted octanol–water partition coefficient (Wildman–Crippen LogP) is 2.97. The van der Waals surface area contributed by atoms with Crippen LogP contribution in [0.5, 0.6) is 0 Å². The molecule has 17 heavy (non-hydrogen) atoms. The van der Waals surface area contributed by atoms with Gasteiger partial charge in [0.25, 0.3) is 0 Å². The van der Waals surface area contributed by atoms with Gasteiger partial charge in [-0.25, -0.2) is 9.97 Å². The largest absolute Gasteiger partial charge is 0.347 e. The molecule has 0 saturated carbocycles. The highest BCUT2D eigenvalue weighted by Gasteiger charge is 2.03. The van der Waals surface area contributed by atoms with Gasteiger partial charge in [0.05, 0.1) is 6.54 Å². The second-order valence-corrected chi connectivity index (χ2v) is 5.31. The molecule has 0 radical (unpaired) electrons. The minimum atomic E-state index is 0.0554. The second kappa shape index (κ2) is 5.37. The van der Waals surface area contributed by atoms with E-state index in [4.69, 9.17) is 0 Å². The van der Waals surface area contributed by atoms with Gasteiger partial charge in [0.15, 0.2) is 0 Å². The highest BCUT2D eigenvalue weighted by Crippen LogP contribution is 2.28. The molecule has 0 unspecified atom stereocenters. The number of anilines is 1. The maximum absolute atomic E-state index is 10.8. The van der Waals surface area contributed by atoms with Gasteiger partial charge in [0.2, 0.25) is 5.95 Å². The van der Waals surface area contributed by atoms with Crippen molar-refractivity contribution >= 4 is 39.0 Å². The van der Waals surface area contributed by atoms with E-state index in [1.165, 1.54) is 6.92 Å². The Morgan fingerprint density at radius 2 is 2.18 bits per heavy atom. The van der Waals surface area contributed by atoms with Gasteiger partial charge >= 0.3 is 0 Å². The lowest BCUT2D eigenvalue weighted by Gasteiger charge is -2.02. The lowest BCUT2D eigenvalue weighted by atomic mass is 10.3. The van der Waals surface area contributed by atoms with E-state index in [1.807, 2.05) is 11.4 Å². The van der Waals surface area contributed by atoms with Crippen LogP contribution >= 0.6 is 27.3 Å². The SMILES string of the molecule is CC(=O)CNc1ncc(-c2cc(Br)cs2)cn1. The molecule has 88 valence electrons. The van der Waals surface area contributed by atoms with Crippen molar-refractivity contribution in [1.29, 1.82) is 0 Å². The fraction of sp³-hybridized carbons (Fsp3) is 0.182. The quantitative estimate of drug-likeness (QED) is 0.943. The van der Waals surface area contributed by atoms with Crippen LogP contribution in [0.1, 0.15) is 6.92 Å². The Balaban J connectivity index is 2.10. The second-order valence-electron chi connectivity index (χ2n) is 3.48. The number of carbonyl (C=O) groups is 1. The Kier molecular flexibility index (Phi) is 3.86. The number of hydrogen-bond acceptors (Lipinski definition) is 5. The van der Waals surface area contributed by atoms with E-state index < -0.39 is 0 Å². The monoisotopic (exact) mass is 311 g/mol. The third-order valence-electron chi connectivity index (χ3n) is 2.00. The molecule has 0 aromatic carbocycles. The lowest BCUT2D eigenvalue weighted by Crippen LogP contribution is -2.11. The van der Waals surface area contributed by atoms with Gasteiger partial charge in [0, 0.05) is 32.7 Å². The fourth-order valence-electron chi connectivity index (χ4n) is 1.21. The maximum atomic E-state index is 10.8. The summed E-state index contributed by atoms with van der Waals surface area (Å²) >= 11 is 5.03. The molecule has 0 fully saturated rings. The summed E-state index contributed by atoms with van der Waals surface area (Å²) < 4.78 is 1.05. The van der Waals surface area contributed by atoms with Crippen LogP contribution in [0.3, 0.4) is 0 Å². The molecule has 4 nitrogen and oxygen atoms in total. The summed E-state index contributed by atoms with van der Waals surface area (Å²) in [5.74, 6) is 0.527. The third kappa shape index (κ3) is 3.34. The zero-order valence-corrected chi connectivity index (χ0v) is 11.5. The number of Topliss-reactive ketones (excluding diaryl/α,β-unsaturated/α-hetero) is 1. The molecular formula is C11H10BrN3OS. The third-order valence-corrected chi connectivity index (χ3v) is 3.74. The summed E-state index contributed by atoms with van der Waals surface area (Å²) in [5, 5.41) is 4.86. The molecular weight excluding hydrogens is 302 g/mol. The molecule has 0 amide bonds. The average molecular weight is 312 g/mol.